The van der Waals surface area contributed by atoms with Gasteiger partial charge in [-0.1, -0.05) is 13.8 Å². The highest BCUT2D eigenvalue weighted by Gasteiger charge is 2.70. The number of H-pyrrole nitrogens is 1. The molecule has 0 saturated heterocycles. The van der Waals surface area contributed by atoms with Gasteiger partial charge < -0.3 is 5.11 Å². The Balaban J connectivity index is 2.10. The average molecular weight is 234 g/mol. The van der Waals surface area contributed by atoms with Crippen LogP contribution in [0, 0.1) is 5.41 Å². The van der Waals surface area contributed by atoms with Crippen LogP contribution >= 0.6 is 0 Å². The first-order chi connectivity index (χ1) is 7.99. The normalized spacial score (nSPS) is 29.8. The van der Waals surface area contributed by atoms with Gasteiger partial charge in [-0.3, -0.25) is 9.89 Å². The molecule has 1 aromatic heterocycles. The van der Waals surface area contributed by atoms with Crippen molar-refractivity contribution in [1.82, 2.24) is 10.2 Å². The van der Waals surface area contributed by atoms with Crippen molar-refractivity contribution >= 4 is 5.97 Å². The molecular weight excluding hydrogens is 216 g/mol. The topological polar surface area (TPSA) is 66.0 Å². The Labute approximate surface area is 100 Å². The first-order valence-electron chi connectivity index (χ1n) is 6.29. The van der Waals surface area contributed by atoms with Gasteiger partial charge in [0, 0.05) is 5.69 Å². The number of aromatic nitrogens is 2. The van der Waals surface area contributed by atoms with Crippen LogP contribution in [0.4, 0.5) is 0 Å². The minimum atomic E-state index is -0.742. The summed E-state index contributed by atoms with van der Waals surface area (Å²) in [5.74, 6) is -0.720. The number of hydrogen-bond donors (Lipinski definition) is 2. The molecule has 4 heteroatoms. The average Bonchev–Trinajstić information content (AvgIpc) is 2.70. The lowest BCUT2D eigenvalue weighted by Crippen LogP contribution is -2.27. The van der Waals surface area contributed by atoms with E-state index in [0.29, 0.717) is 6.42 Å². The first-order valence-corrected chi connectivity index (χ1v) is 6.29. The van der Waals surface area contributed by atoms with Gasteiger partial charge in [0.25, 0.3) is 0 Å². The zero-order valence-corrected chi connectivity index (χ0v) is 10.3. The van der Waals surface area contributed by atoms with Crippen molar-refractivity contribution < 1.29 is 9.90 Å². The Kier molecular flexibility index (Phi) is 1.98. The number of hydrogen-bond acceptors (Lipinski definition) is 2. The van der Waals surface area contributed by atoms with Crippen LogP contribution in [0.15, 0.2) is 0 Å². The highest BCUT2D eigenvalue weighted by molar-refractivity contribution is 5.87. The van der Waals surface area contributed by atoms with E-state index in [4.69, 9.17) is 0 Å². The fraction of sp³-hybridized carbons (Fsp3) is 0.692. The monoisotopic (exact) mass is 234 g/mol. The van der Waals surface area contributed by atoms with Crippen molar-refractivity contribution in [3.8, 4) is 0 Å². The van der Waals surface area contributed by atoms with Crippen LogP contribution in [0.1, 0.15) is 50.1 Å². The molecule has 0 amide bonds. The Morgan fingerprint density at radius 1 is 1.35 bits per heavy atom. The van der Waals surface area contributed by atoms with E-state index in [2.05, 4.69) is 10.2 Å². The number of aryl methyl sites for hydroxylation is 1. The van der Waals surface area contributed by atoms with Gasteiger partial charge in [-0.2, -0.15) is 5.10 Å². The Morgan fingerprint density at radius 3 is 2.59 bits per heavy atom. The van der Waals surface area contributed by atoms with Crippen LogP contribution in [-0.2, 0) is 23.1 Å². The molecule has 1 atom stereocenters. The van der Waals surface area contributed by atoms with E-state index >= 15 is 0 Å². The molecule has 0 spiro atoms. The lowest BCUT2D eigenvalue weighted by atomic mass is 9.85. The molecule has 17 heavy (non-hydrogen) atoms. The number of aromatic amines is 1. The van der Waals surface area contributed by atoms with Gasteiger partial charge in [0.2, 0.25) is 0 Å². The third-order valence-electron chi connectivity index (χ3n) is 4.56. The molecule has 92 valence electrons. The number of carbonyl (C=O) groups is 1. The van der Waals surface area contributed by atoms with Gasteiger partial charge >= 0.3 is 5.97 Å². The lowest BCUT2D eigenvalue weighted by Gasteiger charge is -2.17. The number of nitrogens with zero attached hydrogens (tertiary/aromatic N) is 1. The molecule has 0 aromatic carbocycles. The molecule has 0 bridgehead atoms. The molecule has 2 aliphatic rings. The second-order valence-corrected chi connectivity index (χ2v) is 6.01. The van der Waals surface area contributed by atoms with Gasteiger partial charge in [0.15, 0.2) is 0 Å². The maximum atomic E-state index is 11.6. The van der Waals surface area contributed by atoms with Crippen LogP contribution in [0.3, 0.4) is 0 Å². The highest BCUT2D eigenvalue weighted by Crippen LogP contribution is 2.64. The summed E-state index contributed by atoms with van der Waals surface area (Å²) in [7, 11) is 0. The quantitative estimate of drug-likeness (QED) is 0.823. The van der Waals surface area contributed by atoms with E-state index in [9.17, 15) is 9.90 Å². The molecule has 2 aliphatic carbocycles. The minimum Gasteiger partial charge on any atom is -0.481 e. The standard InChI is InChI=1S/C13H18N2O2/c1-12(2)7-13(12,11(16)17)10-8-5-3-4-6-9(8)14-15-10/h3-7H2,1-2H3,(H,14,15)(H,16,17). The number of fused-ring (bicyclic) bond motifs is 1. The third-order valence-corrected chi connectivity index (χ3v) is 4.56. The van der Waals surface area contributed by atoms with E-state index < -0.39 is 11.4 Å². The second-order valence-electron chi connectivity index (χ2n) is 6.01. The number of nitrogens with one attached hydrogen (secondary N) is 1. The summed E-state index contributed by atoms with van der Waals surface area (Å²) < 4.78 is 0. The van der Waals surface area contributed by atoms with E-state index in [1.165, 1.54) is 12.0 Å². The fourth-order valence-corrected chi connectivity index (χ4v) is 3.32. The molecule has 2 N–H and O–H groups in total. The van der Waals surface area contributed by atoms with Crippen molar-refractivity contribution in [2.75, 3.05) is 0 Å². The van der Waals surface area contributed by atoms with Gasteiger partial charge in [0.05, 0.1) is 5.69 Å². The van der Waals surface area contributed by atoms with Crippen LogP contribution in [0.25, 0.3) is 0 Å². The van der Waals surface area contributed by atoms with E-state index in [0.717, 1.165) is 30.7 Å². The van der Waals surface area contributed by atoms with Gasteiger partial charge in [-0.05, 0) is 43.1 Å². The van der Waals surface area contributed by atoms with Crippen molar-refractivity contribution in [1.29, 1.82) is 0 Å². The van der Waals surface area contributed by atoms with Crippen molar-refractivity contribution in [2.24, 2.45) is 5.41 Å². The zero-order chi connectivity index (χ0) is 12.3. The molecule has 1 aromatic rings. The molecule has 0 radical (unpaired) electrons. The summed E-state index contributed by atoms with van der Waals surface area (Å²) in [5.41, 5.74) is 2.25. The Morgan fingerprint density at radius 2 is 2.00 bits per heavy atom. The van der Waals surface area contributed by atoms with Gasteiger partial charge in [-0.15, -0.1) is 0 Å². The first kappa shape index (κ1) is 10.8. The summed E-state index contributed by atoms with van der Waals surface area (Å²) in [6, 6.07) is 0. The minimum absolute atomic E-state index is 0.167. The molecule has 1 heterocycles. The summed E-state index contributed by atoms with van der Waals surface area (Å²) >= 11 is 0. The summed E-state index contributed by atoms with van der Waals surface area (Å²) in [6.45, 7) is 4.04. The summed E-state index contributed by atoms with van der Waals surface area (Å²) in [6.07, 6.45) is 5.02. The van der Waals surface area contributed by atoms with Crippen molar-refractivity contribution in [3.05, 3.63) is 17.0 Å². The largest absolute Gasteiger partial charge is 0.481 e. The summed E-state index contributed by atoms with van der Waals surface area (Å²) in [5, 5.41) is 17.0. The van der Waals surface area contributed by atoms with Crippen LogP contribution < -0.4 is 0 Å². The van der Waals surface area contributed by atoms with Crippen LogP contribution in [0.2, 0.25) is 0 Å². The van der Waals surface area contributed by atoms with E-state index in [-0.39, 0.29) is 5.41 Å². The number of rotatable bonds is 2. The molecule has 3 rings (SSSR count). The fourth-order valence-electron chi connectivity index (χ4n) is 3.32. The van der Waals surface area contributed by atoms with Crippen LogP contribution in [-0.4, -0.2) is 21.3 Å². The van der Waals surface area contributed by atoms with E-state index in [1.807, 2.05) is 13.8 Å². The third kappa shape index (κ3) is 1.24. The van der Waals surface area contributed by atoms with Gasteiger partial charge in [-0.25, -0.2) is 0 Å². The lowest BCUT2D eigenvalue weighted by molar-refractivity contribution is -0.141. The Bertz CT molecular complexity index is 490. The molecular formula is C13H18N2O2. The molecule has 0 aliphatic heterocycles. The van der Waals surface area contributed by atoms with Crippen LogP contribution in [0.5, 0.6) is 0 Å². The molecule has 1 fully saturated rings. The maximum Gasteiger partial charge on any atom is 0.316 e. The summed E-state index contributed by atoms with van der Waals surface area (Å²) in [4.78, 5) is 11.6. The smallest absolute Gasteiger partial charge is 0.316 e. The number of aliphatic carboxylic acids is 1. The zero-order valence-electron chi connectivity index (χ0n) is 10.3. The van der Waals surface area contributed by atoms with Crippen molar-refractivity contribution in [2.45, 2.75) is 51.4 Å². The van der Waals surface area contributed by atoms with E-state index in [1.54, 1.807) is 0 Å². The number of carboxylic acids is 1. The predicted molar refractivity (Wildman–Crippen MR) is 62.9 cm³/mol. The predicted octanol–water partition coefficient (Wildman–Crippen LogP) is 2.04. The molecule has 1 unspecified atom stereocenters. The maximum absolute atomic E-state index is 11.6. The molecule has 4 nitrogen and oxygen atoms in total. The SMILES string of the molecule is CC1(C)CC1(C(=O)O)c1n[nH]c2c1CCCC2. The number of carboxylic acid groups (broad SMARTS) is 1. The van der Waals surface area contributed by atoms with Crippen molar-refractivity contribution in [3.63, 3.8) is 0 Å². The Hall–Kier alpha value is -1.32. The second kappa shape index (κ2) is 3.12. The highest BCUT2D eigenvalue weighted by atomic mass is 16.4. The van der Waals surface area contributed by atoms with Gasteiger partial charge in [0.1, 0.15) is 5.41 Å². The molecule has 1 saturated carbocycles.